The molecule has 0 fully saturated rings. The summed E-state index contributed by atoms with van der Waals surface area (Å²) in [6.45, 7) is 0.956. The maximum absolute atomic E-state index is 11.9. The highest BCUT2D eigenvalue weighted by Gasteiger charge is 2.37. The fraction of sp³-hybridized carbons (Fsp3) is 0.778. The summed E-state index contributed by atoms with van der Waals surface area (Å²) in [7, 11) is 0. The van der Waals surface area contributed by atoms with Crippen LogP contribution < -0.4 is 5.32 Å². The van der Waals surface area contributed by atoms with Crippen LogP contribution in [0.15, 0.2) is 11.6 Å². The number of aliphatic hydroxyl groups is 1. The van der Waals surface area contributed by atoms with Gasteiger partial charge < -0.3 is 15.2 Å². The molecule has 0 aromatic carbocycles. The maximum atomic E-state index is 11.9. The molecule has 0 bridgehead atoms. The molecule has 1 atom stereocenters. The number of hydrogen-bond acceptors (Lipinski definition) is 3. The van der Waals surface area contributed by atoms with Gasteiger partial charge in [-0.25, -0.2) is 0 Å². The fourth-order valence-corrected chi connectivity index (χ4v) is 1.22. The van der Waals surface area contributed by atoms with Crippen LogP contribution in [0.25, 0.3) is 0 Å². The predicted molar refractivity (Wildman–Crippen MR) is 48.5 cm³/mol. The molecular weight excluding hydrogens is 211 g/mol. The van der Waals surface area contributed by atoms with Gasteiger partial charge >= 0.3 is 6.18 Å². The van der Waals surface area contributed by atoms with Gasteiger partial charge in [0.05, 0.1) is 13.2 Å². The molecule has 6 heteroatoms. The quantitative estimate of drug-likeness (QED) is 0.697. The highest BCUT2D eigenvalue weighted by atomic mass is 19.4. The van der Waals surface area contributed by atoms with Gasteiger partial charge in [-0.1, -0.05) is 6.08 Å². The summed E-state index contributed by atoms with van der Waals surface area (Å²) in [5.74, 6) is 0. The molecule has 0 aromatic rings. The van der Waals surface area contributed by atoms with E-state index in [1.54, 1.807) is 0 Å². The standard InChI is InChI=1S/C9H14F3NO2/c10-9(11,12)8(14)5-13-4-7-2-1-3-15-6-7/h2,8,13-14H,1,3-6H2. The van der Waals surface area contributed by atoms with E-state index in [9.17, 15) is 13.2 Å². The van der Waals surface area contributed by atoms with E-state index < -0.39 is 18.8 Å². The van der Waals surface area contributed by atoms with Crippen LogP contribution in [0.2, 0.25) is 0 Å². The third-order valence-corrected chi connectivity index (χ3v) is 2.05. The van der Waals surface area contributed by atoms with Crippen molar-refractivity contribution in [3.05, 3.63) is 11.6 Å². The predicted octanol–water partition coefficient (Wildman–Crippen LogP) is 0.846. The minimum Gasteiger partial charge on any atom is -0.382 e. The minimum atomic E-state index is -4.55. The van der Waals surface area contributed by atoms with E-state index in [0.29, 0.717) is 19.8 Å². The molecule has 2 N–H and O–H groups in total. The van der Waals surface area contributed by atoms with Crippen molar-refractivity contribution in [1.82, 2.24) is 5.32 Å². The van der Waals surface area contributed by atoms with E-state index >= 15 is 0 Å². The molecule has 1 heterocycles. The first-order valence-corrected chi connectivity index (χ1v) is 4.71. The molecule has 0 saturated carbocycles. The topological polar surface area (TPSA) is 41.5 Å². The van der Waals surface area contributed by atoms with Crippen LogP contribution in [-0.2, 0) is 4.74 Å². The number of ether oxygens (including phenoxy) is 1. The molecular formula is C9H14F3NO2. The van der Waals surface area contributed by atoms with Crippen molar-refractivity contribution in [2.75, 3.05) is 26.3 Å². The lowest BCUT2D eigenvalue weighted by Gasteiger charge is -2.17. The van der Waals surface area contributed by atoms with Gasteiger partial charge in [0.1, 0.15) is 0 Å². The van der Waals surface area contributed by atoms with E-state index in [1.165, 1.54) is 0 Å². The molecule has 0 aromatic heterocycles. The number of halogens is 3. The Morgan fingerprint density at radius 1 is 1.53 bits per heavy atom. The zero-order chi connectivity index (χ0) is 11.3. The molecule has 0 aliphatic carbocycles. The molecule has 15 heavy (non-hydrogen) atoms. The Labute approximate surface area is 85.9 Å². The van der Waals surface area contributed by atoms with Crippen molar-refractivity contribution in [2.24, 2.45) is 0 Å². The molecule has 1 aliphatic heterocycles. The fourth-order valence-electron chi connectivity index (χ4n) is 1.22. The summed E-state index contributed by atoms with van der Waals surface area (Å²) < 4.78 is 40.8. The first-order chi connectivity index (χ1) is 7.00. The van der Waals surface area contributed by atoms with Crippen LogP contribution in [0.5, 0.6) is 0 Å². The van der Waals surface area contributed by atoms with E-state index in [-0.39, 0.29) is 0 Å². The van der Waals surface area contributed by atoms with Crippen LogP contribution in [0.3, 0.4) is 0 Å². The molecule has 3 nitrogen and oxygen atoms in total. The highest BCUT2D eigenvalue weighted by molar-refractivity contribution is 5.06. The first-order valence-electron chi connectivity index (χ1n) is 4.71. The Bertz CT molecular complexity index is 228. The van der Waals surface area contributed by atoms with Gasteiger partial charge in [0, 0.05) is 13.1 Å². The van der Waals surface area contributed by atoms with Gasteiger partial charge in [-0.3, -0.25) is 0 Å². The summed E-state index contributed by atoms with van der Waals surface area (Å²) in [5.41, 5.74) is 0.927. The van der Waals surface area contributed by atoms with Crippen LogP contribution in [-0.4, -0.2) is 43.7 Å². The van der Waals surface area contributed by atoms with Crippen LogP contribution in [0.1, 0.15) is 6.42 Å². The van der Waals surface area contributed by atoms with Gasteiger partial charge in [-0.15, -0.1) is 0 Å². The van der Waals surface area contributed by atoms with E-state index in [1.807, 2.05) is 6.08 Å². The van der Waals surface area contributed by atoms with Gasteiger partial charge in [-0.2, -0.15) is 13.2 Å². The van der Waals surface area contributed by atoms with Crippen LogP contribution >= 0.6 is 0 Å². The number of aliphatic hydroxyl groups excluding tert-OH is 1. The minimum absolute atomic E-state index is 0.327. The monoisotopic (exact) mass is 225 g/mol. The van der Waals surface area contributed by atoms with Gasteiger partial charge in [-0.05, 0) is 12.0 Å². The highest BCUT2D eigenvalue weighted by Crippen LogP contribution is 2.19. The van der Waals surface area contributed by atoms with Crippen molar-refractivity contribution in [3.63, 3.8) is 0 Å². The molecule has 0 amide bonds. The molecule has 0 saturated heterocycles. The van der Waals surface area contributed by atoms with E-state index in [0.717, 1.165) is 12.0 Å². The lowest BCUT2D eigenvalue weighted by Crippen LogP contribution is -2.39. The molecule has 0 spiro atoms. The normalized spacial score (nSPS) is 19.9. The maximum Gasteiger partial charge on any atom is 0.415 e. The van der Waals surface area contributed by atoms with Crippen molar-refractivity contribution in [2.45, 2.75) is 18.7 Å². The summed E-state index contributed by atoms with van der Waals surface area (Å²) in [6, 6.07) is 0. The summed E-state index contributed by atoms with van der Waals surface area (Å²) in [4.78, 5) is 0. The van der Waals surface area contributed by atoms with E-state index in [2.05, 4.69) is 5.32 Å². The second-order valence-electron chi connectivity index (χ2n) is 3.39. The Morgan fingerprint density at radius 3 is 2.80 bits per heavy atom. The van der Waals surface area contributed by atoms with Crippen molar-refractivity contribution in [3.8, 4) is 0 Å². The molecule has 88 valence electrons. The first kappa shape index (κ1) is 12.5. The summed E-state index contributed by atoms with van der Waals surface area (Å²) in [5, 5.41) is 11.2. The Balaban J connectivity index is 2.18. The molecule has 1 unspecified atom stereocenters. The third kappa shape index (κ3) is 4.63. The Morgan fingerprint density at radius 2 is 2.27 bits per heavy atom. The van der Waals surface area contributed by atoms with E-state index in [4.69, 9.17) is 9.84 Å². The Kier molecular flexibility index (Phi) is 4.56. The second kappa shape index (κ2) is 5.48. The average molecular weight is 225 g/mol. The molecule has 1 aliphatic rings. The van der Waals surface area contributed by atoms with Gasteiger partial charge in [0.2, 0.25) is 0 Å². The van der Waals surface area contributed by atoms with Crippen molar-refractivity contribution >= 4 is 0 Å². The summed E-state index contributed by atoms with van der Waals surface area (Å²) in [6.07, 6.45) is -4.12. The average Bonchev–Trinajstić information content (AvgIpc) is 2.18. The number of alkyl halides is 3. The summed E-state index contributed by atoms with van der Waals surface area (Å²) >= 11 is 0. The zero-order valence-electron chi connectivity index (χ0n) is 8.18. The molecule has 1 rings (SSSR count). The zero-order valence-corrected chi connectivity index (χ0v) is 8.18. The third-order valence-electron chi connectivity index (χ3n) is 2.05. The SMILES string of the molecule is OC(CNCC1=CCCOC1)C(F)(F)F. The second-order valence-corrected chi connectivity index (χ2v) is 3.39. The largest absolute Gasteiger partial charge is 0.415 e. The van der Waals surface area contributed by atoms with Crippen molar-refractivity contribution in [1.29, 1.82) is 0 Å². The van der Waals surface area contributed by atoms with Gasteiger partial charge in [0.25, 0.3) is 0 Å². The number of nitrogens with one attached hydrogen (secondary N) is 1. The lowest BCUT2D eigenvalue weighted by atomic mass is 10.2. The smallest absolute Gasteiger partial charge is 0.382 e. The number of hydrogen-bond donors (Lipinski definition) is 2. The van der Waals surface area contributed by atoms with Crippen LogP contribution in [0.4, 0.5) is 13.2 Å². The van der Waals surface area contributed by atoms with Gasteiger partial charge in [0.15, 0.2) is 6.10 Å². The lowest BCUT2D eigenvalue weighted by molar-refractivity contribution is -0.201. The molecule has 0 radical (unpaired) electrons. The number of rotatable bonds is 4. The van der Waals surface area contributed by atoms with Crippen molar-refractivity contribution < 1.29 is 23.0 Å². The Hall–Kier alpha value is -0.590. The van der Waals surface area contributed by atoms with Crippen LogP contribution in [0, 0.1) is 0 Å².